The molecule has 0 aliphatic rings. The van der Waals surface area contributed by atoms with Gasteiger partial charge in [0, 0.05) is 16.7 Å². The minimum Gasteiger partial charge on any atom is -0.384 e. The summed E-state index contributed by atoms with van der Waals surface area (Å²) in [5.74, 6) is -0.358. The highest BCUT2D eigenvalue weighted by molar-refractivity contribution is 5.95. The van der Waals surface area contributed by atoms with E-state index in [1.807, 2.05) is 18.2 Å². The molecule has 0 bridgehead atoms. The second-order valence-corrected chi connectivity index (χ2v) is 7.97. The number of nitrogens with one attached hydrogen (secondary N) is 1. The van der Waals surface area contributed by atoms with Crippen LogP contribution in [0.5, 0.6) is 0 Å². The highest BCUT2D eigenvalue weighted by Crippen LogP contribution is 2.38. The van der Waals surface area contributed by atoms with Crippen molar-refractivity contribution in [1.82, 2.24) is 0 Å². The van der Waals surface area contributed by atoms with Crippen LogP contribution in [-0.4, -0.2) is 11.0 Å². The molecule has 0 aromatic heterocycles. The summed E-state index contributed by atoms with van der Waals surface area (Å²) in [5, 5.41) is 15.3. The van der Waals surface area contributed by atoms with E-state index in [0.29, 0.717) is 5.56 Å². The second-order valence-electron chi connectivity index (χ2n) is 7.97. The normalized spacial score (nSPS) is 13.3. The van der Waals surface area contributed by atoms with E-state index in [1.165, 1.54) is 6.07 Å². The number of alkyl halides is 3. The lowest BCUT2D eigenvalue weighted by molar-refractivity contribution is -0.137. The number of amides is 1. The Hall–Kier alpha value is -2.86. The molecule has 152 valence electrons. The van der Waals surface area contributed by atoms with Crippen molar-refractivity contribution >= 4 is 22.4 Å². The highest BCUT2D eigenvalue weighted by atomic mass is 19.4. The molecule has 0 radical (unpaired) electrons. The van der Waals surface area contributed by atoms with Crippen molar-refractivity contribution in [1.29, 1.82) is 0 Å². The van der Waals surface area contributed by atoms with Crippen LogP contribution in [-0.2, 0) is 11.0 Å². The zero-order valence-corrected chi connectivity index (χ0v) is 16.3. The molecule has 1 unspecified atom stereocenters. The van der Waals surface area contributed by atoms with Crippen molar-refractivity contribution in [2.24, 2.45) is 5.41 Å². The van der Waals surface area contributed by atoms with Crippen LogP contribution in [0, 0.1) is 5.41 Å². The molecule has 0 spiro atoms. The van der Waals surface area contributed by atoms with Crippen LogP contribution < -0.4 is 5.32 Å². The molecule has 0 saturated carbocycles. The molecule has 1 amide bonds. The van der Waals surface area contributed by atoms with Crippen LogP contribution in [0.3, 0.4) is 0 Å². The Morgan fingerprint density at radius 2 is 1.59 bits per heavy atom. The Morgan fingerprint density at radius 3 is 2.24 bits per heavy atom. The van der Waals surface area contributed by atoms with Gasteiger partial charge in [0.1, 0.15) is 6.10 Å². The first-order valence-electron chi connectivity index (χ1n) is 9.17. The van der Waals surface area contributed by atoms with E-state index in [2.05, 4.69) is 5.32 Å². The number of anilines is 1. The van der Waals surface area contributed by atoms with E-state index in [-0.39, 0.29) is 17.2 Å². The fourth-order valence-corrected chi connectivity index (χ4v) is 3.05. The standard InChI is InChI=1S/C23H22F3NO2/c1-22(2,3)21(29)27-19-12-11-15(23(24,25)26)13-18(19)20(28)17-10-6-8-14-7-4-5-9-16(14)17/h4-13,20,28H,1-3H3,(H,27,29). The first-order valence-corrected chi connectivity index (χ1v) is 9.17. The van der Waals surface area contributed by atoms with Gasteiger partial charge >= 0.3 is 6.18 Å². The first-order chi connectivity index (χ1) is 13.5. The van der Waals surface area contributed by atoms with Crippen LogP contribution in [0.2, 0.25) is 0 Å². The van der Waals surface area contributed by atoms with Gasteiger partial charge in [-0.15, -0.1) is 0 Å². The predicted molar refractivity (Wildman–Crippen MR) is 108 cm³/mol. The molecular weight excluding hydrogens is 379 g/mol. The fourth-order valence-electron chi connectivity index (χ4n) is 3.05. The Balaban J connectivity index is 2.15. The minimum absolute atomic E-state index is 0.00576. The number of fused-ring (bicyclic) bond motifs is 1. The number of aliphatic hydroxyl groups is 1. The lowest BCUT2D eigenvalue weighted by atomic mass is 9.92. The SMILES string of the molecule is CC(C)(C)C(=O)Nc1ccc(C(F)(F)F)cc1C(O)c1cccc2ccccc12. The van der Waals surface area contributed by atoms with Crippen LogP contribution in [0.4, 0.5) is 18.9 Å². The van der Waals surface area contributed by atoms with Gasteiger partial charge in [0.2, 0.25) is 5.91 Å². The third-order valence-corrected chi connectivity index (χ3v) is 4.72. The number of aliphatic hydroxyl groups excluding tert-OH is 1. The van der Waals surface area contributed by atoms with Crippen LogP contribution >= 0.6 is 0 Å². The maximum absolute atomic E-state index is 13.3. The third kappa shape index (κ3) is 4.43. The zero-order chi connectivity index (χ0) is 21.4. The van der Waals surface area contributed by atoms with Gasteiger partial charge in [-0.1, -0.05) is 63.2 Å². The van der Waals surface area contributed by atoms with Crippen LogP contribution in [0.15, 0.2) is 60.7 Å². The maximum Gasteiger partial charge on any atom is 0.416 e. The summed E-state index contributed by atoms with van der Waals surface area (Å²) in [6.07, 6.45) is -5.92. The molecular formula is C23H22F3NO2. The fraction of sp³-hybridized carbons (Fsp3) is 0.261. The largest absolute Gasteiger partial charge is 0.416 e. The van der Waals surface area contributed by atoms with Gasteiger partial charge < -0.3 is 10.4 Å². The zero-order valence-electron chi connectivity index (χ0n) is 16.3. The van der Waals surface area contributed by atoms with Crippen molar-refractivity contribution in [3.63, 3.8) is 0 Å². The average Bonchev–Trinajstić information content (AvgIpc) is 2.65. The van der Waals surface area contributed by atoms with E-state index in [0.717, 1.165) is 22.9 Å². The quantitative estimate of drug-likeness (QED) is 0.572. The molecule has 0 aliphatic carbocycles. The van der Waals surface area contributed by atoms with Crippen molar-refractivity contribution in [2.45, 2.75) is 33.1 Å². The number of carbonyl (C=O) groups is 1. The Kier molecular flexibility index (Phi) is 5.41. The van der Waals surface area contributed by atoms with Gasteiger partial charge in [0.05, 0.1) is 5.56 Å². The molecule has 1 atom stereocenters. The van der Waals surface area contributed by atoms with Crippen LogP contribution in [0.25, 0.3) is 10.8 Å². The molecule has 3 aromatic carbocycles. The summed E-state index contributed by atoms with van der Waals surface area (Å²) in [6.45, 7) is 5.10. The summed E-state index contributed by atoms with van der Waals surface area (Å²) < 4.78 is 39.9. The van der Waals surface area contributed by atoms with Crippen LogP contribution in [0.1, 0.15) is 43.6 Å². The van der Waals surface area contributed by atoms with Gasteiger partial charge in [-0.2, -0.15) is 13.2 Å². The summed E-state index contributed by atoms with van der Waals surface area (Å²) in [4.78, 5) is 12.4. The smallest absolute Gasteiger partial charge is 0.384 e. The summed E-state index contributed by atoms with van der Waals surface area (Å²) in [7, 11) is 0. The summed E-state index contributed by atoms with van der Waals surface area (Å²) >= 11 is 0. The monoisotopic (exact) mass is 401 g/mol. The van der Waals surface area contributed by atoms with E-state index in [9.17, 15) is 23.1 Å². The Morgan fingerprint density at radius 1 is 0.931 bits per heavy atom. The topological polar surface area (TPSA) is 49.3 Å². The first kappa shape index (κ1) is 20.9. The molecule has 0 aliphatic heterocycles. The number of halogens is 3. The van der Waals surface area contributed by atoms with Crippen molar-refractivity contribution < 1.29 is 23.1 Å². The number of hydrogen-bond acceptors (Lipinski definition) is 2. The molecule has 0 heterocycles. The molecule has 3 rings (SSSR count). The van der Waals surface area contributed by atoms with Gasteiger partial charge in [-0.3, -0.25) is 4.79 Å². The number of hydrogen-bond donors (Lipinski definition) is 2. The Bertz CT molecular complexity index is 1050. The summed E-state index contributed by atoms with van der Waals surface area (Å²) in [5.41, 5.74) is -1.02. The average molecular weight is 401 g/mol. The lowest BCUT2D eigenvalue weighted by Gasteiger charge is -2.23. The second kappa shape index (κ2) is 7.52. The predicted octanol–water partition coefficient (Wildman–Crippen LogP) is 5.92. The van der Waals surface area contributed by atoms with Gasteiger partial charge in [0.15, 0.2) is 0 Å². The summed E-state index contributed by atoms with van der Waals surface area (Å²) in [6, 6.07) is 15.6. The maximum atomic E-state index is 13.3. The van der Waals surface area contributed by atoms with E-state index in [1.54, 1.807) is 45.0 Å². The molecule has 29 heavy (non-hydrogen) atoms. The highest BCUT2D eigenvalue weighted by Gasteiger charge is 2.33. The molecule has 3 nitrogen and oxygen atoms in total. The van der Waals surface area contributed by atoms with Crippen molar-refractivity contribution in [2.75, 3.05) is 5.32 Å². The molecule has 0 saturated heterocycles. The van der Waals surface area contributed by atoms with E-state index < -0.39 is 23.3 Å². The minimum atomic E-state index is -4.57. The third-order valence-electron chi connectivity index (χ3n) is 4.72. The Labute approximate surface area is 167 Å². The van der Waals surface area contributed by atoms with Crippen molar-refractivity contribution in [3.8, 4) is 0 Å². The van der Waals surface area contributed by atoms with Gasteiger partial charge in [0.25, 0.3) is 0 Å². The van der Waals surface area contributed by atoms with Gasteiger partial charge in [-0.25, -0.2) is 0 Å². The number of benzene rings is 3. The number of rotatable bonds is 3. The molecule has 6 heteroatoms. The van der Waals surface area contributed by atoms with E-state index >= 15 is 0 Å². The molecule has 3 aromatic rings. The van der Waals surface area contributed by atoms with Gasteiger partial charge in [-0.05, 0) is 34.5 Å². The molecule has 0 fully saturated rings. The number of carbonyl (C=O) groups excluding carboxylic acids is 1. The molecule has 2 N–H and O–H groups in total. The van der Waals surface area contributed by atoms with E-state index in [4.69, 9.17) is 0 Å². The lowest BCUT2D eigenvalue weighted by Crippen LogP contribution is -2.28. The van der Waals surface area contributed by atoms with Crippen molar-refractivity contribution in [3.05, 3.63) is 77.4 Å².